The first-order valence-electron chi connectivity index (χ1n) is 8.01. The maximum atomic E-state index is 12.8. The zero-order chi connectivity index (χ0) is 17.4. The summed E-state index contributed by atoms with van der Waals surface area (Å²) in [4.78, 5) is 11.7. The summed E-state index contributed by atoms with van der Waals surface area (Å²) in [5.74, 6) is 0.576. The first kappa shape index (κ1) is 17.8. The average Bonchev–Trinajstić information content (AvgIpc) is 2.55. The van der Waals surface area contributed by atoms with Gasteiger partial charge in [0.1, 0.15) is 18.2 Å². The zero-order valence-electron chi connectivity index (χ0n) is 14.1. The number of carbonyl (C=O) groups is 1. The fourth-order valence-electron chi connectivity index (χ4n) is 2.32. The van der Waals surface area contributed by atoms with Crippen molar-refractivity contribution in [1.29, 1.82) is 0 Å². The van der Waals surface area contributed by atoms with Gasteiger partial charge in [0.05, 0.1) is 6.54 Å². The molecule has 0 aliphatic carbocycles. The van der Waals surface area contributed by atoms with Crippen molar-refractivity contribution < 1.29 is 13.9 Å². The molecule has 5 heteroatoms. The summed E-state index contributed by atoms with van der Waals surface area (Å²) >= 11 is 0. The molecule has 2 N–H and O–H groups in total. The Morgan fingerprint density at radius 2 is 1.75 bits per heavy atom. The van der Waals surface area contributed by atoms with Gasteiger partial charge in [-0.05, 0) is 49.6 Å². The SMILES string of the molecule is Cc1ccc(OCCNC(=O)NCCc2ccc(F)cc2)c(C)c1. The van der Waals surface area contributed by atoms with E-state index in [4.69, 9.17) is 4.74 Å². The fourth-order valence-corrected chi connectivity index (χ4v) is 2.32. The molecule has 2 aromatic carbocycles. The van der Waals surface area contributed by atoms with Crippen LogP contribution in [0.25, 0.3) is 0 Å². The lowest BCUT2D eigenvalue weighted by molar-refractivity contribution is 0.236. The second-order valence-corrected chi connectivity index (χ2v) is 5.68. The molecule has 0 aliphatic heterocycles. The van der Waals surface area contributed by atoms with Crippen LogP contribution in [-0.4, -0.2) is 25.7 Å². The molecule has 0 saturated heterocycles. The van der Waals surface area contributed by atoms with Crippen molar-refractivity contribution in [2.75, 3.05) is 19.7 Å². The maximum absolute atomic E-state index is 12.8. The van der Waals surface area contributed by atoms with Gasteiger partial charge in [0.15, 0.2) is 0 Å². The maximum Gasteiger partial charge on any atom is 0.314 e. The number of benzene rings is 2. The number of aryl methyl sites for hydroxylation is 2. The molecule has 0 aromatic heterocycles. The van der Waals surface area contributed by atoms with E-state index in [1.165, 1.54) is 17.7 Å². The molecule has 0 radical (unpaired) electrons. The van der Waals surface area contributed by atoms with Crippen molar-refractivity contribution in [2.24, 2.45) is 0 Å². The van der Waals surface area contributed by atoms with Gasteiger partial charge >= 0.3 is 6.03 Å². The highest BCUT2D eigenvalue weighted by molar-refractivity contribution is 5.73. The van der Waals surface area contributed by atoms with E-state index >= 15 is 0 Å². The fraction of sp³-hybridized carbons (Fsp3) is 0.316. The van der Waals surface area contributed by atoms with Crippen LogP contribution in [0, 0.1) is 19.7 Å². The Hall–Kier alpha value is -2.56. The van der Waals surface area contributed by atoms with Gasteiger partial charge in [-0.3, -0.25) is 0 Å². The molecule has 4 nitrogen and oxygen atoms in total. The number of hydrogen-bond donors (Lipinski definition) is 2. The predicted octanol–water partition coefficient (Wildman–Crippen LogP) is 3.36. The van der Waals surface area contributed by atoms with Gasteiger partial charge in [0.25, 0.3) is 0 Å². The minimum Gasteiger partial charge on any atom is -0.491 e. The standard InChI is InChI=1S/C19H23FN2O2/c1-14-3-8-18(15(2)13-14)24-12-11-22-19(23)21-10-9-16-4-6-17(20)7-5-16/h3-8,13H,9-12H2,1-2H3,(H2,21,22,23). The second-order valence-electron chi connectivity index (χ2n) is 5.68. The van der Waals surface area contributed by atoms with Crippen LogP contribution < -0.4 is 15.4 Å². The molecular formula is C19H23FN2O2. The Morgan fingerprint density at radius 1 is 1.04 bits per heavy atom. The molecular weight excluding hydrogens is 307 g/mol. The van der Waals surface area contributed by atoms with Gasteiger partial charge < -0.3 is 15.4 Å². The number of urea groups is 1. The molecule has 0 unspecified atom stereocenters. The van der Waals surface area contributed by atoms with Crippen LogP contribution in [-0.2, 0) is 6.42 Å². The van der Waals surface area contributed by atoms with E-state index in [1.807, 2.05) is 26.0 Å². The van der Waals surface area contributed by atoms with Gasteiger partial charge in [0.2, 0.25) is 0 Å². The number of hydrogen-bond acceptors (Lipinski definition) is 2. The summed E-state index contributed by atoms with van der Waals surface area (Å²) in [6, 6.07) is 12.0. The van der Waals surface area contributed by atoms with Crippen LogP contribution in [0.1, 0.15) is 16.7 Å². The van der Waals surface area contributed by atoms with Crippen LogP contribution in [0.2, 0.25) is 0 Å². The highest BCUT2D eigenvalue weighted by atomic mass is 19.1. The summed E-state index contributed by atoms with van der Waals surface area (Å²) in [6.07, 6.45) is 0.659. The molecule has 0 spiro atoms. The molecule has 0 aliphatic rings. The van der Waals surface area contributed by atoms with Crippen LogP contribution in [0.4, 0.5) is 9.18 Å². The normalized spacial score (nSPS) is 10.3. The van der Waals surface area contributed by atoms with Gasteiger partial charge in [-0.15, -0.1) is 0 Å². The van der Waals surface area contributed by atoms with E-state index in [1.54, 1.807) is 12.1 Å². The summed E-state index contributed by atoms with van der Waals surface area (Å²) in [7, 11) is 0. The van der Waals surface area contributed by atoms with Gasteiger partial charge in [0, 0.05) is 6.54 Å². The Balaban J connectivity index is 1.60. The molecule has 2 amide bonds. The van der Waals surface area contributed by atoms with Crippen LogP contribution in [0.15, 0.2) is 42.5 Å². The van der Waals surface area contributed by atoms with Gasteiger partial charge in [-0.1, -0.05) is 29.8 Å². The molecule has 128 valence electrons. The summed E-state index contributed by atoms with van der Waals surface area (Å²) < 4.78 is 18.4. The lowest BCUT2D eigenvalue weighted by Gasteiger charge is -2.11. The molecule has 0 atom stereocenters. The molecule has 2 rings (SSSR count). The quantitative estimate of drug-likeness (QED) is 0.765. The number of nitrogens with one attached hydrogen (secondary N) is 2. The Kier molecular flexibility index (Phi) is 6.61. The molecule has 0 heterocycles. The Bertz CT molecular complexity index is 672. The first-order chi connectivity index (χ1) is 11.5. The molecule has 0 bridgehead atoms. The molecule has 0 fully saturated rings. The van der Waals surface area contributed by atoms with Crippen molar-refractivity contribution in [3.05, 3.63) is 65.0 Å². The minimum absolute atomic E-state index is 0.235. The Morgan fingerprint density at radius 3 is 2.46 bits per heavy atom. The monoisotopic (exact) mass is 330 g/mol. The van der Waals surface area contributed by atoms with Crippen LogP contribution in [0.3, 0.4) is 0 Å². The second kappa shape index (κ2) is 8.91. The van der Waals surface area contributed by atoms with E-state index in [-0.39, 0.29) is 11.8 Å². The third kappa shape index (κ3) is 5.91. The van der Waals surface area contributed by atoms with E-state index in [0.29, 0.717) is 26.1 Å². The number of halogens is 1. The van der Waals surface area contributed by atoms with E-state index in [2.05, 4.69) is 16.7 Å². The number of ether oxygens (including phenoxy) is 1. The van der Waals surface area contributed by atoms with Crippen molar-refractivity contribution in [1.82, 2.24) is 10.6 Å². The highest BCUT2D eigenvalue weighted by Crippen LogP contribution is 2.18. The molecule has 24 heavy (non-hydrogen) atoms. The highest BCUT2D eigenvalue weighted by Gasteiger charge is 2.02. The number of rotatable bonds is 7. The first-order valence-corrected chi connectivity index (χ1v) is 8.01. The zero-order valence-corrected chi connectivity index (χ0v) is 14.1. The minimum atomic E-state index is -0.256. The van der Waals surface area contributed by atoms with Gasteiger partial charge in [-0.25, -0.2) is 9.18 Å². The molecule has 2 aromatic rings. The summed E-state index contributed by atoms with van der Waals surface area (Å²) in [6.45, 7) is 5.37. The lowest BCUT2D eigenvalue weighted by atomic mass is 10.1. The number of carbonyl (C=O) groups excluding carboxylic acids is 1. The van der Waals surface area contributed by atoms with Crippen molar-refractivity contribution in [2.45, 2.75) is 20.3 Å². The van der Waals surface area contributed by atoms with Crippen LogP contribution in [0.5, 0.6) is 5.75 Å². The summed E-state index contributed by atoms with van der Waals surface area (Å²) in [5, 5.41) is 5.51. The van der Waals surface area contributed by atoms with Crippen molar-refractivity contribution >= 4 is 6.03 Å². The van der Waals surface area contributed by atoms with Gasteiger partial charge in [-0.2, -0.15) is 0 Å². The van der Waals surface area contributed by atoms with E-state index in [9.17, 15) is 9.18 Å². The predicted molar refractivity (Wildman–Crippen MR) is 92.9 cm³/mol. The molecule has 0 saturated carbocycles. The van der Waals surface area contributed by atoms with E-state index in [0.717, 1.165) is 16.9 Å². The van der Waals surface area contributed by atoms with E-state index < -0.39 is 0 Å². The number of amides is 2. The third-order valence-corrected chi connectivity index (χ3v) is 3.59. The lowest BCUT2D eigenvalue weighted by Crippen LogP contribution is -2.38. The van der Waals surface area contributed by atoms with Crippen LogP contribution >= 0.6 is 0 Å². The topological polar surface area (TPSA) is 50.4 Å². The average molecular weight is 330 g/mol. The van der Waals surface area contributed by atoms with Crippen molar-refractivity contribution in [3.8, 4) is 5.75 Å². The van der Waals surface area contributed by atoms with Crippen molar-refractivity contribution in [3.63, 3.8) is 0 Å². The third-order valence-electron chi connectivity index (χ3n) is 3.59. The Labute approximate surface area is 142 Å². The smallest absolute Gasteiger partial charge is 0.314 e. The largest absolute Gasteiger partial charge is 0.491 e. The summed E-state index contributed by atoms with van der Waals surface area (Å²) in [5.41, 5.74) is 3.26.